The number of halogens is 2. The highest BCUT2D eigenvalue weighted by atomic mass is 79.9. The number of thiazole rings is 1. The van der Waals surface area contributed by atoms with Crippen LogP contribution >= 0.6 is 43.2 Å². The van der Waals surface area contributed by atoms with Crippen molar-refractivity contribution < 1.29 is 0 Å². The third-order valence-electron chi connectivity index (χ3n) is 5.22. The van der Waals surface area contributed by atoms with E-state index in [0.717, 1.165) is 31.0 Å². The minimum absolute atomic E-state index is 0.121. The van der Waals surface area contributed by atoms with Crippen LogP contribution in [0.15, 0.2) is 85.9 Å². The fraction of sp³-hybridized carbons (Fsp3) is 0.0800. The minimum Gasteiger partial charge on any atom is -0.354 e. The van der Waals surface area contributed by atoms with Gasteiger partial charge in [0, 0.05) is 19.9 Å². The molecule has 0 aliphatic rings. The van der Waals surface area contributed by atoms with Crippen molar-refractivity contribution in [1.82, 2.24) is 14.5 Å². The molecule has 5 aromatic rings. The second-order valence-electron chi connectivity index (χ2n) is 7.55. The lowest BCUT2D eigenvalue weighted by molar-refractivity contribution is 0.838. The number of hydrogen-bond acceptors (Lipinski definition) is 5. The number of nitrogens with one attached hydrogen (secondary N) is 1. The van der Waals surface area contributed by atoms with Crippen molar-refractivity contribution in [3.05, 3.63) is 103 Å². The maximum atomic E-state index is 13.5. The number of para-hydroxylation sites is 1. The number of rotatable bonds is 5. The molecule has 0 radical (unpaired) electrons. The van der Waals surface area contributed by atoms with Gasteiger partial charge in [-0.05, 0) is 47.1 Å². The summed E-state index contributed by atoms with van der Waals surface area (Å²) in [7, 11) is 0. The monoisotopic (exact) mass is 580 g/mol. The standard InChI is InChI=1S/C25H18Br2N4OS/c1-15-7-9-16(10-8-15)21-14-33-25(29-21)28-13-22-30-23-19(11-17(26)12-20(23)27)24(32)31(22)18-5-3-2-4-6-18/h2-12,14H,13H2,1H3,(H,28,29). The molecular weight excluding hydrogens is 564 g/mol. The molecule has 164 valence electrons. The summed E-state index contributed by atoms with van der Waals surface area (Å²) in [5.74, 6) is 0.605. The zero-order valence-corrected chi connectivity index (χ0v) is 21.5. The van der Waals surface area contributed by atoms with Crippen molar-refractivity contribution in [2.45, 2.75) is 13.5 Å². The molecule has 33 heavy (non-hydrogen) atoms. The maximum Gasteiger partial charge on any atom is 0.266 e. The molecule has 2 heterocycles. The van der Waals surface area contributed by atoms with Gasteiger partial charge in [0.15, 0.2) is 5.13 Å². The van der Waals surface area contributed by atoms with Gasteiger partial charge < -0.3 is 5.32 Å². The highest BCUT2D eigenvalue weighted by Crippen LogP contribution is 2.28. The normalized spacial score (nSPS) is 11.1. The molecule has 0 bridgehead atoms. The topological polar surface area (TPSA) is 59.8 Å². The van der Waals surface area contributed by atoms with Gasteiger partial charge in [-0.3, -0.25) is 9.36 Å². The molecule has 0 aliphatic carbocycles. The summed E-state index contributed by atoms with van der Waals surface area (Å²) in [6, 6.07) is 21.6. The van der Waals surface area contributed by atoms with Crippen LogP contribution in [0, 0.1) is 6.92 Å². The Bertz CT molecular complexity index is 1510. The summed E-state index contributed by atoms with van der Waals surface area (Å²) in [4.78, 5) is 23.1. The molecule has 0 fully saturated rings. The Morgan fingerprint density at radius 1 is 1.00 bits per heavy atom. The van der Waals surface area contributed by atoms with Crippen LogP contribution in [0.1, 0.15) is 11.4 Å². The van der Waals surface area contributed by atoms with Gasteiger partial charge in [-0.15, -0.1) is 11.3 Å². The molecule has 1 N–H and O–H groups in total. The Morgan fingerprint density at radius 3 is 2.52 bits per heavy atom. The zero-order chi connectivity index (χ0) is 22.9. The van der Waals surface area contributed by atoms with E-state index in [1.807, 2.05) is 41.8 Å². The van der Waals surface area contributed by atoms with Gasteiger partial charge in [0.1, 0.15) is 5.82 Å². The Hall–Kier alpha value is -2.81. The van der Waals surface area contributed by atoms with Gasteiger partial charge in [-0.25, -0.2) is 9.97 Å². The second-order valence-corrected chi connectivity index (χ2v) is 10.2. The zero-order valence-electron chi connectivity index (χ0n) is 17.5. The average molecular weight is 582 g/mol. The van der Waals surface area contributed by atoms with Crippen molar-refractivity contribution in [2.24, 2.45) is 0 Å². The van der Waals surface area contributed by atoms with E-state index in [1.54, 1.807) is 10.6 Å². The number of benzene rings is 3. The number of aryl methyl sites for hydroxylation is 1. The Balaban J connectivity index is 1.54. The molecule has 0 atom stereocenters. The van der Waals surface area contributed by atoms with Crippen LogP contribution in [0.5, 0.6) is 0 Å². The van der Waals surface area contributed by atoms with E-state index >= 15 is 0 Å². The molecule has 0 spiro atoms. The highest BCUT2D eigenvalue weighted by Gasteiger charge is 2.16. The second kappa shape index (κ2) is 9.21. The molecule has 5 nitrogen and oxygen atoms in total. The largest absolute Gasteiger partial charge is 0.354 e. The van der Waals surface area contributed by atoms with E-state index in [9.17, 15) is 4.79 Å². The first-order valence-electron chi connectivity index (χ1n) is 10.2. The van der Waals surface area contributed by atoms with Crippen molar-refractivity contribution in [2.75, 3.05) is 5.32 Å². The molecule has 0 unspecified atom stereocenters. The van der Waals surface area contributed by atoms with Crippen molar-refractivity contribution in [1.29, 1.82) is 0 Å². The first-order valence-corrected chi connectivity index (χ1v) is 12.7. The van der Waals surface area contributed by atoms with Gasteiger partial charge in [-0.2, -0.15) is 0 Å². The number of nitrogens with zero attached hydrogens (tertiary/aromatic N) is 3. The van der Waals surface area contributed by atoms with Crippen LogP contribution in [-0.2, 0) is 6.54 Å². The highest BCUT2D eigenvalue weighted by molar-refractivity contribution is 9.11. The Morgan fingerprint density at radius 2 is 1.76 bits per heavy atom. The van der Waals surface area contributed by atoms with E-state index < -0.39 is 0 Å². The fourth-order valence-electron chi connectivity index (χ4n) is 3.59. The smallest absolute Gasteiger partial charge is 0.266 e. The molecule has 8 heteroatoms. The first-order chi connectivity index (χ1) is 16.0. The number of aromatic nitrogens is 3. The predicted octanol–water partition coefficient (Wildman–Crippen LogP) is 6.95. The van der Waals surface area contributed by atoms with Gasteiger partial charge in [0.2, 0.25) is 0 Å². The van der Waals surface area contributed by atoms with Crippen LogP contribution in [0.4, 0.5) is 5.13 Å². The van der Waals surface area contributed by atoms with E-state index in [-0.39, 0.29) is 5.56 Å². The SMILES string of the molecule is Cc1ccc(-c2csc(NCc3nc4c(Br)cc(Br)cc4c(=O)n3-c3ccccc3)n2)cc1. The number of anilines is 1. The summed E-state index contributed by atoms with van der Waals surface area (Å²) in [6.07, 6.45) is 0. The van der Waals surface area contributed by atoms with E-state index in [0.29, 0.717) is 23.3 Å². The lowest BCUT2D eigenvalue weighted by atomic mass is 10.1. The lowest BCUT2D eigenvalue weighted by Crippen LogP contribution is -2.25. The molecule has 0 saturated carbocycles. The molecule has 0 aliphatic heterocycles. The maximum absolute atomic E-state index is 13.5. The molecular formula is C25H18Br2N4OS. The average Bonchev–Trinajstić information content (AvgIpc) is 3.28. The van der Waals surface area contributed by atoms with Crippen molar-refractivity contribution in [3.8, 4) is 16.9 Å². The van der Waals surface area contributed by atoms with Gasteiger partial charge in [0.05, 0.1) is 28.8 Å². The molecule has 3 aromatic carbocycles. The lowest BCUT2D eigenvalue weighted by Gasteiger charge is -2.15. The first kappa shape index (κ1) is 22.0. The van der Waals surface area contributed by atoms with Gasteiger partial charge in [-0.1, -0.05) is 64.0 Å². The number of fused-ring (bicyclic) bond motifs is 1. The van der Waals surface area contributed by atoms with Crippen LogP contribution in [0.2, 0.25) is 0 Å². The number of hydrogen-bond donors (Lipinski definition) is 1. The third-order valence-corrected chi connectivity index (χ3v) is 7.09. The summed E-state index contributed by atoms with van der Waals surface area (Å²) in [5.41, 5.74) is 4.48. The summed E-state index contributed by atoms with van der Waals surface area (Å²) < 4.78 is 3.24. The van der Waals surface area contributed by atoms with Crippen molar-refractivity contribution >= 4 is 59.2 Å². The summed E-state index contributed by atoms with van der Waals surface area (Å²) in [6.45, 7) is 2.42. The summed E-state index contributed by atoms with van der Waals surface area (Å²) in [5, 5.41) is 6.70. The van der Waals surface area contributed by atoms with Crippen LogP contribution in [-0.4, -0.2) is 14.5 Å². The van der Waals surface area contributed by atoms with E-state index in [1.165, 1.54) is 16.9 Å². The third kappa shape index (κ3) is 4.51. The Labute approximate surface area is 211 Å². The molecule has 2 aromatic heterocycles. The molecule has 5 rings (SSSR count). The summed E-state index contributed by atoms with van der Waals surface area (Å²) >= 11 is 8.56. The van der Waals surface area contributed by atoms with Crippen molar-refractivity contribution in [3.63, 3.8) is 0 Å². The van der Waals surface area contributed by atoms with Crippen LogP contribution in [0.25, 0.3) is 27.8 Å². The van der Waals surface area contributed by atoms with Gasteiger partial charge >= 0.3 is 0 Å². The minimum atomic E-state index is -0.121. The molecule has 0 saturated heterocycles. The quantitative estimate of drug-likeness (QED) is 0.244. The molecule has 0 amide bonds. The van der Waals surface area contributed by atoms with Gasteiger partial charge in [0.25, 0.3) is 5.56 Å². The van der Waals surface area contributed by atoms with E-state index in [2.05, 4.69) is 68.4 Å². The van der Waals surface area contributed by atoms with Crippen LogP contribution < -0.4 is 10.9 Å². The van der Waals surface area contributed by atoms with E-state index in [4.69, 9.17) is 9.97 Å². The fourth-order valence-corrected chi connectivity index (χ4v) is 5.62. The predicted molar refractivity (Wildman–Crippen MR) is 142 cm³/mol. The Kier molecular flexibility index (Phi) is 6.14. The van der Waals surface area contributed by atoms with Crippen LogP contribution in [0.3, 0.4) is 0 Å².